The van der Waals surface area contributed by atoms with Gasteiger partial charge in [-0.3, -0.25) is 4.79 Å². The number of carbonyl (C=O) groups is 1. The van der Waals surface area contributed by atoms with E-state index < -0.39 is 9.84 Å². The summed E-state index contributed by atoms with van der Waals surface area (Å²) in [5, 5.41) is 6.08. The van der Waals surface area contributed by atoms with E-state index in [4.69, 9.17) is 0 Å². The van der Waals surface area contributed by atoms with Crippen molar-refractivity contribution in [3.05, 3.63) is 0 Å². The molecule has 1 rings (SSSR count). The summed E-state index contributed by atoms with van der Waals surface area (Å²) in [6.45, 7) is 5.45. The van der Waals surface area contributed by atoms with Gasteiger partial charge in [-0.1, -0.05) is 6.92 Å². The highest BCUT2D eigenvalue weighted by Crippen LogP contribution is 2.17. The molecule has 1 unspecified atom stereocenters. The van der Waals surface area contributed by atoms with Crippen molar-refractivity contribution in [2.75, 3.05) is 24.6 Å². The van der Waals surface area contributed by atoms with Crippen LogP contribution in [0, 0.1) is 5.92 Å². The van der Waals surface area contributed by atoms with Crippen LogP contribution in [-0.4, -0.2) is 45.0 Å². The van der Waals surface area contributed by atoms with E-state index in [1.807, 2.05) is 0 Å². The monoisotopic (exact) mass is 326 g/mol. The lowest BCUT2D eigenvalue weighted by atomic mass is 9.93. The predicted molar refractivity (Wildman–Crippen MR) is 84.0 cm³/mol. The van der Waals surface area contributed by atoms with Crippen LogP contribution in [0.25, 0.3) is 0 Å². The fourth-order valence-corrected chi connectivity index (χ4v) is 3.47. The van der Waals surface area contributed by atoms with Crippen LogP contribution < -0.4 is 10.6 Å². The van der Waals surface area contributed by atoms with Crippen LogP contribution in [-0.2, 0) is 14.6 Å². The second kappa shape index (κ2) is 9.58. The fraction of sp³-hybridized carbons (Fsp3) is 0.923. The van der Waals surface area contributed by atoms with Gasteiger partial charge in [0.15, 0.2) is 9.84 Å². The molecule has 0 aromatic carbocycles. The van der Waals surface area contributed by atoms with E-state index in [2.05, 4.69) is 10.6 Å². The second-order valence-corrected chi connectivity index (χ2v) is 7.80. The summed E-state index contributed by atoms with van der Waals surface area (Å²) in [6.07, 6.45) is 3.67. The number of piperidine rings is 1. The lowest BCUT2D eigenvalue weighted by molar-refractivity contribution is -0.121. The molecule has 120 valence electrons. The maximum Gasteiger partial charge on any atom is 0.220 e. The standard InChI is InChI=1S/C13H26N2O3S.ClH/c1-3-19(17,18)10-11(2)15-13(16)5-4-12-6-8-14-9-7-12;/h11-12,14H,3-10H2,1-2H3,(H,15,16);1H. The van der Waals surface area contributed by atoms with E-state index in [-0.39, 0.29) is 35.9 Å². The third-order valence-corrected chi connectivity index (χ3v) is 5.48. The van der Waals surface area contributed by atoms with Crippen molar-refractivity contribution >= 4 is 28.2 Å². The summed E-state index contributed by atoms with van der Waals surface area (Å²) in [5.74, 6) is 0.754. The van der Waals surface area contributed by atoms with E-state index >= 15 is 0 Å². The predicted octanol–water partition coefficient (Wildman–Crippen LogP) is 1.13. The first-order valence-electron chi connectivity index (χ1n) is 7.13. The van der Waals surface area contributed by atoms with Crippen molar-refractivity contribution in [2.24, 2.45) is 5.92 Å². The zero-order valence-electron chi connectivity index (χ0n) is 12.4. The van der Waals surface area contributed by atoms with Gasteiger partial charge in [0.1, 0.15) is 0 Å². The molecule has 1 aliphatic rings. The Labute approximate surface area is 128 Å². The van der Waals surface area contributed by atoms with Gasteiger partial charge in [0.25, 0.3) is 0 Å². The van der Waals surface area contributed by atoms with Crippen molar-refractivity contribution in [3.63, 3.8) is 0 Å². The molecule has 2 N–H and O–H groups in total. The molecule has 1 amide bonds. The van der Waals surface area contributed by atoms with Gasteiger partial charge in [-0.25, -0.2) is 8.42 Å². The number of nitrogens with one attached hydrogen (secondary N) is 2. The number of sulfone groups is 1. The molecule has 5 nitrogen and oxygen atoms in total. The zero-order valence-corrected chi connectivity index (χ0v) is 14.0. The molecule has 0 spiro atoms. The molecule has 1 saturated heterocycles. The first-order chi connectivity index (χ1) is 8.93. The number of hydrogen-bond acceptors (Lipinski definition) is 4. The highest BCUT2D eigenvalue weighted by molar-refractivity contribution is 7.91. The van der Waals surface area contributed by atoms with E-state index in [1.165, 1.54) is 0 Å². The topological polar surface area (TPSA) is 75.3 Å². The Morgan fingerprint density at radius 3 is 2.50 bits per heavy atom. The van der Waals surface area contributed by atoms with Gasteiger partial charge < -0.3 is 10.6 Å². The molecule has 0 bridgehead atoms. The number of halogens is 1. The maximum atomic E-state index is 11.7. The van der Waals surface area contributed by atoms with Crippen LogP contribution in [0.4, 0.5) is 0 Å². The molecule has 0 aliphatic carbocycles. The Balaban J connectivity index is 0.00000361. The van der Waals surface area contributed by atoms with Crippen LogP contribution in [0.1, 0.15) is 39.5 Å². The molecular formula is C13H27ClN2O3S. The van der Waals surface area contributed by atoms with Gasteiger partial charge in [-0.15, -0.1) is 12.4 Å². The van der Waals surface area contributed by atoms with E-state index in [1.54, 1.807) is 13.8 Å². The Hall–Kier alpha value is -0.330. The second-order valence-electron chi connectivity index (χ2n) is 5.40. The van der Waals surface area contributed by atoms with Crippen molar-refractivity contribution in [1.82, 2.24) is 10.6 Å². The first-order valence-corrected chi connectivity index (χ1v) is 8.95. The molecule has 0 saturated carbocycles. The molecule has 7 heteroatoms. The Bertz CT molecular complexity index is 381. The van der Waals surface area contributed by atoms with Crippen LogP contribution >= 0.6 is 12.4 Å². The third kappa shape index (κ3) is 8.07. The number of hydrogen-bond donors (Lipinski definition) is 2. The molecule has 1 heterocycles. The van der Waals surface area contributed by atoms with Gasteiger partial charge in [0.05, 0.1) is 5.75 Å². The van der Waals surface area contributed by atoms with Crippen LogP contribution in [0.5, 0.6) is 0 Å². The minimum absolute atomic E-state index is 0. The molecular weight excluding hydrogens is 300 g/mol. The van der Waals surface area contributed by atoms with E-state index in [9.17, 15) is 13.2 Å². The zero-order chi connectivity index (χ0) is 14.3. The molecule has 0 aromatic heterocycles. The van der Waals surface area contributed by atoms with Gasteiger partial charge >= 0.3 is 0 Å². The highest BCUT2D eigenvalue weighted by atomic mass is 35.5. The van der Waals surface area contributed by atoms with Crippen molar-refractivity contribution < 1.29 is 13.2 Å². The number of amides is 1. The summed E-state index contributed by atoms with van der Waals surface area (Å²) in [5.41, 5.74) is 0. The van der Waals surface area contributed by atoms with Crippen LogP contribution in [0.2, 0.25) is 0 Å². The van der Waals surface area contributed by atoms with Crippen molar-refractivity contribution in [2.45, 2.75) is 45.6 Å². The summed E-state index contributed by atoms with van der Waals surface area (Å²) in [7, 11) is -3.02. The average Bonchev–Trinajstić information content (AvgIpc) is 2.37. The fourth-order valence-electron chi connectivity index (χ4n) is 2.39. The summed E-state index contributed by atoms with van der Waals surface area (Å²) in [4.78, 5) is 11.7. The van der Waals surface area contributed by atoms with Crippen molar-refractivity contribution in [3.8, 4) is 0 Å². The molecule has 20 heavy (non-hydrogen) atoms. The lowest BCUT2D eigenvalue weighted by Gasteiger charge is -2.22. The van der Waals surface area contributed by atoms with E-state index in [0.29, 0.717) is 12.3 Å². The Morgan fingerprint density at radius 1 is 1.35 bits per heavy atom. The summed E-state index contributed by atoms with van der Waals surface area (Å²) < 4.78 is 22.9. The van der Waals surface area contributed by atoms with Crippen LogP contribution in [0.15, 0.2) is 0 Å². The quantitative estimate of drug-likeness (QED) is 0.735. The minimum atomic E-state index is -3.02. The molecule has 1 aliphatic heterocycles. The molecule has 0 aromatic rings. The van der Waals surface area contributed by atoms with Gasteiger partial charge in [0, 0.05) is 18.2 Å². The van der Waals surface area contributed by atoms with Crippen LogP contribution in [0.3, 0.4) is 0 Å². The molecule has 1 fully saturated rings. The lowest BCUT2D eigenvalue weighted by Crippen LogP contribution is -2.38. The van der Waals surface area contributed by atoms with E-state index in [0.717, 1.165) is 32.4 Å². The average molecular weight is 327 g/mol. The number of rotatable bonds is 7. The first kappa shape index (κ1) is 19.7. The van der Waals surface area contributed by atoms with Gasteiger partial charge in [-0.05, 0) is 45.2 Å². The molecule has 1 atom stereocenters. The summed E-state index contributed by atoms with van der Waals surface area (Å²) in [6, 6.07) is -0.300. The smallest absolute Gasteiger partial charge is 0.220 e. The maximum absolute atomic E-state index is 11.7. The molecule has 0 radical (unpaired) electrons. The largest absolute Gasteiger partial charge is 0.353 e. The Morgan fingerprint density at radius 2 is 1.95 bits per heavy atom. The van der Waals surface area contributed by atoms with Gasteiger partial charge in [0.2, 0.25) is 5.91 Å². The normalized spacial score (nSPS) is 18.1. The summed E-state index contributed by atoms with van der Waals surface area (Å²) >= 11 is 0. The third-order valence-electron chi connectivity index (χ3n) is 3.59. The minimum Gasteiger partial charge on any atom is -0.353 e. The van der Waals surface area contributed by atoms with Crippen molar-refractivity contribution in [1.29, 1.82) is 0 Å². The highest BCUT2D eigenvalue weighted by Gasteiger charge is 2.17. The van der Waals surface area contributed by atoms with Gasteiger partial charge in [-0.2, -0.15) is 0 Å². The Kier molecular flexibility index (Phi) is 9.42. The SMILES string of the molecule is CCS(=O)(=O)CC(C)NC(=O)CCC1CCNCC1.Cl. The number of carbonyl (C=O) groups excluding carboxylic acids is 1.